The first-order valence-corrected chi connectivity index (χ1v) is 6.66. The molecule has 0 spiro atoms. The van der Waals surface area contributed by atoms with Gasteiger partial charge in [0.1, 0.15) is 0 Å². The molecule has 0 aromatic heterocycles. The first-order valence-electron chi connectivity index (χ1n) is 5.05. The van der Waals surface area contributed by atoms with E-state index in [2.05, 4.69) is 19.9 Å². The third-order valence-corrected chi connectivity index (χ3v) is 2.71. The second kappa shape index (κ2) is 6.80. The lowest BCUT2D eigenvalue weighted by Gasteiger charge is -1.98. The van der Waals surface area contributed by atoms with Crippen LogP contribution in [0.2, 0.25) is 0 Å². The Morgan fingerprint density at radius 3 is 2.20 bits per heavy atom. The van der Waals surface area contributed by atoms with Gasteiger partial charge in [-0.05, 0) is 40.0 Å². The van der Waals surface area contributed by atoms with Gasteiger partial charge in [-0.15, -0.1) is 0 Å². The fourth-order valence-corrected chi connectivity index (χ4v) is 1.56. The topological polar surface area (TPSA) is 54.4 Å². The van der Waals surface area contributed by atoms with E-state index in [1.165, 1.54) is 5.57 Å². The Morgan fingerprint density at radius 2 is 1.73 bits per heavy atom. The first-order chi connectivity index (χ1) is 6.81. The molecule has 0 atom stereocenters. The van der Waals surface area contributed by atoms with E-state index in [-0.39, 0.29) is 5.75 Å². The van der Waals surface area contributed by atoms with Crippen LogP contribution in [0, 0.1) is 0 Å². The molecule has 88 valence electrons. The van der Waals surface area contributed by atoms with E-state index < -0.39 is 10.1 Å². The van der Waals surface area contributed by atoms with Gasteiger partial charge in [0.25, 0.3) is 10.1 Å². The van der Waals surface area contributed by atoms with Gasteiger partial charge in [-0.3, -0.25) is 4.55 Å². The summed E-state index contributed by atoms with van der Waals surface area (Å²) >= 11 is 0. The van der Waals surface area contributed by atoms with Gasteiger partial charge in [-0.2, -0.15) is 8.42 Å². The van der Waals surface area contributed by atoms with Crippen LogP contribution in [0.4, 0.5) is 0 Å². The minimum atomic E-state index is -3.81. The van der Waals surface area contributed by atoms with Crippen LogP contribution in [0.5, 0.6) is 0 Å². The zero-order valence-electron chi connectivity index (χ0n) is 9.66. The highest BCUT2D eigenvalue weighted by Crippen LogP contribution is 2.07. The minimum Gasteiger partial charge on any atom is -0.286 e. The zero-order valence-corrected chi connectivity index (χ0v) is 10.5. The van der Waals surface area contributed by atoms with E-state index >= 15 is 0 Å². The molecule has 0 aliphatic carbocycles. The molecule has 0 saturated heterocycles. The van der Waals surface area contributed by atoms with Gasteiger partial charge in [-0.25, -0.2) is 0 Å². The van der Waals surface area contributed by atoms with Crippen LogP contribution in [0.1, 0.15) is 40.0 Å². The van der Waals surface area contributed by atoms with Crippen molar-refractivity contribution in [3.63, 3.8) is 0 Å². The molecule has 0 aromatic rings. The summed E-state index contributed by atoms with van der Waals surface area (Å²) in [5.41, 5.74) is 2.46. The summed E-state index contributed by atoms with van der Waals surface area (Å²) in [5, 5.41) is 0. The van der Waals surface area contributed by atoms with Crippen molar-refractivity contribution in [2.75, 3.05) is 5.75 Å². The Kier molecular flexibility index (Phi) is 6.52. The Balaban J connectivity index is 3.85. The highest BCUT2D eigenvalue weighted by molar-refractivity contribution is 7.85. The van der Waals surface area contributed by atoms with Gasteiger partial charge in [0.2, 0.25) is 0 Å². The van der Waals surface area contributed by atoms with Gasteiger partial charge in [0, 0.05) is 0 Å². The van der Waals surface area contributed by atoms with Gasteiger partial charge in [0.15, 0.2) is 0 Å². The molecule has 0 unspecified atom stereocenters. The van der Waals surface area contributed by atoms with E-state index in [1.807, 2.05) is 13.0 Å². The molecule has 0 amide bonds. The average Bonchev–Trinajstić information content (AvgIpc) is 2.00. The summed E-state index contributed by atoms with van der Waals surface area (Å²) in [5.74, 6) is -0.188. The summed E-state index contributed by atoms with van der Waals surface area (Å²) in [6.07, 6.45) is 6.33. The molecule has 0 fully saturated rings. The largest absolute Gasteiger partial charge is 0.286 e. The summed E-state index contributed by atoms with van der Waals surface area (Å²) in [7, 11) is -3.81. The van der Waals surface area contributed by atoms with Crippen molar-refractivity contribution in [2.24, 2.45) is 0 Å². The summed E-state index contributed by atoms with van der Waals surface area (Å²) in [6, 6.07) is 0. The maximum Gasteiger partial charge on any atom is 0.265 e. The number of rotatable bonds is 6. The molecule has 4 heteroatoms. The van der Waals surface area contributed by atoms with Crippen molar-refractivity contribution in [2.45, 2.75) is 40.0 Å². The lowest BCUT2D eigenvalue weighted by molar-refractivity contribution is 0.483. The monoisotopic (exact) mass is 232 g/mol. The Labute approximate surface area is 92.6 Å². The summed E-state index contributed by atoms with van der Waals surface area (Å²) in [4.78, 5) is 0. The van der Waals surface area contributed by atoms with Crippen LogP contribution >= 0.6 is 0 Å². The molecule has 0 heterocycles. The first kappa shape index (κ1) is 14.4. The molecule has 3 nitrogen and oxygen atoms in total. The van der Waals surface area contributed by atoms with Crippen molar-refractivity contribution in [3.8, 4) is 0 Å². The smallest absolute Gasteiger partial charge is 0.265 e. The van der Waals surface area contributed by atoms with Crippen LogP contribution in [0.3, 0.4) is 0 Å². The molecule has 1 N–H and O–H groups in total. The molecule has 0 saturated carbocycles. The minimum absolute atomic E-state index is 0.188. The highest BCUT2D eigenvalue weighted by atomic mass is 32.2. The second-order valence-electron chi connectivity index (χ2n) is 3.95. The third-order valence-electron chi connectivity index (χ3n) is 1.96. The predicted molar refractivity (Wildman–Crippen MR) is 63.5 cm³/mol. The number of allylic oxidation sites excluding steroid dienone is 4. The van der Waals surface area contributed by atoms with Crippen molar-refractivity contribution in [1.29, 1.82) is 0 Å². The lowest BCUT2D eigenvalue weighted by Crippen LogP contribution is -2.02. The van der Waals surface area contributed by atoms with Crippen molar-refractivity contribution >= 4 is 10.1 Å². The normalized spacial score (nSPS) is 12.7. The maximum absolute atomic E-state index is 10.4. The van der Waals surface area contributed by atoms with Crippen LogP contribution in [-0.2, 0) is 10.1 Å². The molecule has 0 aliphatic rings. The molecule has 0 aliphatic heterocycles. The Morgan fingerprint density at radius 1 is 1.13 bits per heavy atom. The van der Waals surface area contributed by atoms with E-state index in [1.54, 1.807) is 0 Å². The standard InChI is InChI=1S/C11H20O3S/c1-10(2)6-4-7-11(3)8-5-9-15(12,13)14/h6,8H,4-5,7,9H2,1-3H3,(H,12,13,14). The Bertz CT molecular complexity index is 333. The van der Waals surface area contributed by atoms with Crippen LogP contribution in [-0.4, -0.2) is 18.7 Å². The average molecular weight is 232 g/mol. The van der Waals surface area contributed by atoms with Gasteiger partial charge in [-0.1, -0.05) is 23.3 Å². The van der Waals surface area contributed by atoms with E-state index in [4.69, 9.17) is 4.55 Å². The fraction of sp³-hybridized carbons (Fsp3) is 0.636. The quantitative estimate of drug-likeness (QED) is 0.566. The SMILES string of the molecule is CC(C)=CCCC(C)=CCCS(=O)(=O)O. The molecule has 0 bridgehead atoms. The molecule has 15 heavy (non-hydrogen) atoms. The van der Waals surface area contributed by atoms with Crippen LogP contribution in [0.25, 0.3) is 0 Å². The van der Waals surface area contributed by atoms with Crippen molar-refractivity contribution < 1.29 is 13.0 Å². The molecular weight excluding hydrogens is 212 g/mol. The molecular formula is C11H20O3S. The lowest BCUT2D eigenvalue weighted by atomic mass is 10.1. The third kappa shape index (κ3) is 11.3. The second-order valence-corrected chi connectivity index (χ2v) is 5.52. The fourth-order valence-electron chi connectivity index (χ4n) is 1.14. The van der Waals surface area contributed by atoms with Gasteiger partial charge < -0.3 is 0 Å². The van der Waals surface area contributed by atoms with Crippen molar-refractivity contribution in [3.05, 3.63) is 23.3 Å². The van der Waals surface area contributed by atoms with E-state index in [0.29, 0.717) is 6.42 Å². The van der Waals surface area contributed by atoms with E-state index in [0.717, 1.165) is 18.4 Å². The highest BCUT2D eigenvalue weighted by Gasteiger charge is 2.01. The van der Waals surface area contributed by atoms with E-state index in [9.17, 15) is 8.42 Å². The Hall–Kier alpha value is -0.610. The van der Waals surface area contributed by atoms with Gasteiger partial charge >= 0.3 is 0 Å². The zero-order chi connectivity index (χ0) is 11.9. The number of hydrogen-bond donors (Lipinski definition) is 1. The predicted octanol–water partition coefficient (Wildman–Crippen LogP) is 2.96. The summed E-state index contributed by atoms with van der Waals surface area (Å²) < 4.78 is 29.4. The van der Waals surface area contributed by atoms with Gasteiger partial charge in [0.05, 0.1) is 5.75 Å². The summed E-state index contributed by atoms with van der Waals surface area (Å²) in [6.45, 7) is 6.08. The molecule has 0 aromatic carbocycles. The number of hydrogen-bond acceptors (Lipinski definition) is 2. The van der Waals surface area contributed by atoms with Crippen LogP contribution in [0.15, 0.2) is 23.3 Å². The maximum atomic E-state index is 10.4. The molecule has 0 rings (SSSR count). The molecule has 0 radical (unpaired) electrons. The van der Waals surface area contributed by atoms with Crippen molar-refractivity contribution in [1.82, 2.24) is 0 Å². The van der Waals surface area contributed by atoms with Crippen LogP contribution < -0.4 is 0 Å².